The first-order valence-corrected chi connectivity index (χ1v) is 11.0. The van der Waals surface area contributed by atoms with E-state index in [1.165, 1.54) is 11.9 Å². The Morgan fingerprint density at radius 3 is 2.45 bits per heavy atom. The van der Waals surface area contributed by atoms with Crippen molar-refractivity contribution < 1.29 is 18.9 Å². The lowest BCUT2D eigenvalue weighted by Gasteiger charge is -2.34. The first-order chi connectivity index (χ1) is 14.7. The summed E-state index contributed by atoms with van der Waals surface area (Å²) in [6, 6.07) is 4.25. The third-order valence-corrected chi connectivity index (χ3v) is 6.42. The summed E-state index contributed by atoms with van der Waals surface area (Å²) in [5.74, 6) is 0.879. The molecule has 0 aliphatic carbocycles. The number of aliphatic imine (C=N–C) groups is 1. The van der Waals surface area contributed by atoms with Crippen LogP contribution in [0.25, 0.3) is 0 Å². The van der Waals surface area contributed by atoms with Crippen LogP contribution in [0.1, 0.15) is 19.4 Å². The molecule has 10 heteroatoms. The summed E-state index contributed by atoms with van der Waals surface area (Å²) < 4.78 is 7.78. The van der Waals surface area contributed by atoms with Gasteiger partial charge in [-0.1, -0.05) is 29.3 Å². The fourth-order valence-electron chi connectivity index (χ4n) is 4.40. The topological polar surface area (TPSA) is 68.5 Å². The second kappa shape index (κ2) is 8.50. The fraction of sp³-hybridized carbons (Fsp3) is 0.524. The van der Waals surface area contributed by atoms with E-state index in [2.05, 4.69) is 4.90 Å². The van der Waals surface area contributed by atoms with Gasteiger partial charge in [0.2, 0.25) is 0 Å². The van der Waals surface area contributed by atoms with E-state index in [-0.39, 0.29) is 24.1 Å². The van der Waals surface area contributed by atoms with Crippen LogP contribution in [0.5, 0.6) is 0 Å². The second-order valence-corrected chi connectivity index (χ2v) is 9.19. The van der Waals surface area contributed by atoms with E-state index in [9.17, 15) is 9.59 Å². The van der Waals surface area contributed by atoms with Crippen LogP contribution in [0, 0.1) is 0 Å². The molecular weight excluding hydrogens is 441 g/mol. The Bertz CT molecular complexity index is 985. The molecule has 0 aromatic heterocycles. The quantitative estimate of drug-likeness (QED) is 0.638. The predicted molar refractivity (Wildman–Crippen MR) is 119 cm³/mol. The molecule has 0 spiro atoms. The minimum atomic E-state index is -0.676. The van der Waals surface area contributed by atoms with Crippen molar-refractivity contribution in [3.8, 4) is 0 Å². The molecule has 4 rings (SSSR count). The van der Waals surface area contributed by atoms with Gasteiger partial charge in [-0.05, 0) is 31.0 Å². The molecule has 31 heavy (non-hydrogen) atoms. The number of morpholine rings is 1. The number of amides is 3. The molecule has 8 nitrogen and oxygen atoms in total. The third-order valence-electron chi connectivity index (χ3n) is 5.83. The fourth-order valence-corrected chi connectivity index (χ4v) is 4.87. The maximum atomic E-state index is 13.1. The summed E-state index contributed by atoms with van der Waals surface area (Å²) in [4.78, 5) is 35.2. The molecule has 3 aliphatic heterocycles. The van der Waals surface area contributed by atoms with Gasteiger partial charge in [0.05, 0.1) is 12.2 Å². The van der Waals surface area contributed by atoms with Gasteiger partial charge in [0.1, 0.15) is 13.1 Å². The summed E-state index contributed by atoms with van der Waals surface area (Å²) in [6.07, 6.45) is 0.216. The van der Waals surface area contributed by atoms with Gasteiger partial charge in [0.25, 0.3) is 17.8 Å². The van der Waals surface area contributed by atoms with Gasteiger partial charge in [-0.2, -0.15) is 0 Å². The predicted octanol–water partition coefficient (Wildman–Crippen LogP) is 2.32. The summed E-state index contributed by atoms with van der Waals surface area (Å²) in [7, 11) is 3.14. The molecule has 3 amide bonds. The van der Waals surface area contributed by atoms with Crippen LogP contribution in [0.3, 0.4) is 0 Å². The molecule has 0 bridgehead atoms. The van der Waals surface area contributed by atoms with Gasteiger partial charge in [-0.15, -0.1) is 0 Å². The number of carbonyl (C=O) groups is 2. The van der Waals surface area contributed by atoms with E-state index < -0.39 is 6.04 Å². The molecule has 1 aromatic rings. The van der Waals surface area contributed by atoms with E-state index in [1.807, 2.05) is 24.5 Å². The number of nitrogens with zero attached hydrogens (tertiary/aromatic N) is 5. The van der Waals surface area contributed by atoms with Crippen molar-refractivity contribution in [3.63, 3.8) is 0 Å². The number of hydrogen-bond acceptors (Lipinski definition) is 5. The molecule has 2 saturated heterocycles. The van der Waals surface area contributed by atoms with Crippen LogP contribution in [-0.4, -0.2) is 94.9 Å². The molecule has 3 aliphatic rings. The number of amidine groups is 2. The lowest BCUT2D eigenvalue weighted by atomic mass is 10.1. The number of carbonyl (C=O) groups excluding carboxylic acids is 2. The summed E-state index contributed by atoms with van der Waals surface area (Å²) in [5, 5.41) is 1.07. The van der Waals surface area contributed by atoms with Crippen LogP contribution in [-0.2, 0) is 16.1 Å². The number of fused-ring (bicyclic) bond motifs is 1. The van der Waals surface area contributed by atoms with Crippen molar-refractivity contribution in [1.82, 2.24) is 14.7 Å². The van der Waals surface area contributed by atoms with Crippen LogP contribution >= 0.6 is 23.2 Å². The molecule has 0 saturated carbocycles. The zero-order chi connectivity index (χ0) is 22.4. The van der Waals surface area contributed by atoms with E-state index in [0.717, 1.165) is 29.4 Å². The Morgan fingerprint density at radius 1 is 1.13 bits per heavy atom. The monoisotopic (exact) mass is 466 g/mol. The van der Waals surface area contributed by atoms with Crippen molar-refractivity contribution in [3.05, 3.63) is 33.8 Å². The van der Waals surface area contributed by atoms with E-state index >= 15 is 0 Å². The van der Waals surface area contributed by atoms with E-state index in [0.29, 0.717) is 29.0 Å². The smallest absolute Gasteiger partial charge is 0.333 e. The molecule has 3 heterocycles. The third kappa shape index (κ3) is 4.22. The number of imide groups is 1. The van der Waals surface area contributed by atoms with Crippen LogP contribution in [0.4, 0.5) is 4.79 Å². The Balaban J connectivity index is 1.72. The standard InChI is InChI=1S/C21H26Cl2N5O3/c1-12-8-27(9-13(2)31-12)11-17-24-19-18(20(29)26(4)21(30)25(19)3)28(17)10-14-5-6-15(22)7-16(14)23/h5-7,12-13,18H,8-11H2,1-4H3/q+1. The van der Waals surface area contributed by atoms with Crippen LogP contribution in [0.15, 0.2) is 23.2 Å². The Morgan fingerprint density at radius 2 is 1.81 bits per heavy atom. The van der Waals surface area contributed by atoms with Crippen molar-refractivity contribution in [2.75, 3.05) is 33.7 Å². The lowest BCUT2D eigenvalue weighted by Crippen LogP contribution is -2.61. The molecule has 3 unspecified atom stereocenters. The van der Waals surface area contributed by atoms with E-state index in [4.69, 9.17) is 32.9 Å². The summed E-state index contributed by atoms with van der Waals surface area (Å²) in [5.41, 5.74) is 0.832. The number of benzene rings is 1. The molecule has 0 N–H and O–H groups in total. The normalized spacial score (nSPS) is 27.2. The largest absolute Gasteiger partial charge is 0.373 e. The zero-order valence-electron chi connectivity index (χ0n) is 18.0. The van der Waals surface area contributed by atoms with E-state index in [1.54, 1.807) is 19.2 Å². The average Bonchev–Trinajstić information content (AvgIpc) is 3.04. The molecule has 0 radical (unpaired) electrons. The van der Waals surface area contributed by atoms with Gasteiger partial charge < -0.3 is 4.74 Å². The van der Waals surface area contributed by atoms with Gasteiger partial charge in [0.15, 0.2) is 0 Å². The Hall–Kier alpha value is -2.00. The number of likely N-dealkylation sites (N-methyl/N-ethyl adjacent to an activating group) is 2. The number of ether oxygens (including phenoxy) is 1. The van der Waals surface area contributed by atoms with Gasteiger partial charge in [0, 0.05) is 42.8 Å². The van der Waals surface area contributed by atoms with Crippen molar-refractivity contribution >= 4 is 46.8 Å². The first kappa shape index (κ1) is 22.2. The van der Waals surface area contributed by atoms with Gasteiger partial charge >= 0.3 is 11.9 Å². The maximum absolute atomic E-state index is 13.1. The SMILES string of the molecule is CC1CN(CC2=[N+](Cc3ccc(Cl)cc3Cl)C3C(=O)N(C)C(=O)N(C)C3=N2)CC(C)O1. The first-order valence-electron chi connectivity index (χ1n) is 10.2. The highest BCUT2D eigenvalue weighted by molar-refractivity contribution is 6.35. The molecule has 3 atom stereocenters. The van der Waals surface area contributed by atoms with Crippen LogP contribution in [0.2, 0.25) is 10.0 Å². The molecule has 2 fully saturated rings. The average molecular weight is 467 g/mol. The molecule has 1 aromatic carbocycles. The number of halogens is 2. The highest BCUT2D eigenvalue weighted by Crippen LogP contribution is 2.26. The number of urea groups is 1. The number of rotatable bonds is 4. The van der Waals surface area contributed by atoms with Gasteiger partial charge in [-0.25, -0.2) is 9.37 Å². The van der Waals surface area contributed by atoms with Gasteiger partial charge in [-0.3, -0.25) is 19.5 Å². The minimum Gasteiger partial charge on any atom is -0.373 e. The van der Waals surface area contributed by atoms with Crippen molar-refractivity contribution in [2.45, 2.75) is 38.6 Å². The molecule has 166 valence electrons. The minimum absolute atomic E-state index is 0.108. The maximum Gasteiger partial charge on any atom is 0.333 e. The van der Waals surface area contributed by atoms with Crippen molar-refractivity contribution in [1.29, 1.82) is 0 Å². The Labute approximate surface area is 191 Å². The zero-order valence-corrected chi connectivity index (χ0v) is 19.5. The Kier molecular flexibility index (Phi) is 6.09. The highest BCUT2D eigenvalue weighted by atomic mass is 35.5. The molecular formula is C21H26Cl2N5O3+. The highest BCUT2D eigenvalue weighted by Gasteiger charge is 2.53. The number of hydrogen-bond donors (Lipinski definition) is 0. The lowest BCUT2D eigenvalue weighted by molar-refractivity contribution is -0.552. The second-order valence-electron chi connectivity index (χ2n) is 8.34. The summed E-state index contributed by atoms with van der Waals surface area (Å²) >= 11 is 12.5. The summed E-state index contributed by atoms with van der Waals surface area (Å²) in [6.45, 7) is 6.54. The van der Waals surface area contributed by atoms with Crippen LogP contribution < -0.4 is 0 Å². The van der Waals surface area contributed by atoms with Crippen molar-refractivity contribution in [2.24, 2.45) is 4.99 Å².